The molecule has 1 N–H and O–H groups in total. The Bertz CT molecular complexity index is 2210. The van der Waals surface area contributed by atoms with Crippen molar-refractivity contribution in [2.75, 3.05) is 57.4 Å². The van der Waals surface area contributed by atoms with E-state index in [1.54, 1.807) is 20.8 Å². The van der Waals surface area contributed by atoms with Gasteiger partial charge >= 0.3 is 0 Å². The molecule has 1 saturated carbocycles. The predicted octanol–water partition coefficient (Wildman–Crippen LogP) is 5.41. The highest BCUT2D eigenvalue weighted by atomic mass is 32.2. The standard InChI is InChI=1S/C17H27NO3S.C14H20N2O5.C11H17NO3S.C9H11NO3.C6H12O/c1-11(2)14(19)10-22-15-8-16(20)18(17(15)21)9-13-6-4-12(3)5-7-13;1-10(2)11(17)5-7-21-8-6-15-12(18)9-16-13(19)3-4-14(16)20;1-4-12-10(14)5-9(11(12)15)16-6-8(13)7(2)3;1-6(2)7(11)5-10-8(12)3-4-9(10)13;1-4-6(7)5(2)3/h11-13,15H,4-10H2,1-3H3;3-4,10H,5-9H2,1-2H3,(H,15,18);7,9H,4-6H2,1-3H3;3-4,6H,5H2,1-2H3;5H,4H2,1-3H3. The second-order valence-corrected chi connectivity index (χ2v) is 23.7. The molecule has 2 unspecified atom stereocenters. The lowest BCUT2D eigenvalue weighted by atomic mass is 9.83. The molecule has 3 fully saturated rings. The third kappa shape index (κ3) is 26.1. The summed E-state index contributed by atoms with van der Waals surface area (Å²) in [6.45, 7) is 25.8. The van der Waals surface area contributed by atoms with Gasteiger partial charge in [0.2, 0.25) is 29.5 Å². The largest absolute Gasteiger partial charge is 0.379 e. The zero-order valence-corrected chi connectivity index (χ0v) is 50.4. The molecule has 4 aliphatic heterocycles. The fraction of sp³-hybridized carbons (Fsp3) is 0.684. The van der Waals surface area contributed by atoms with Gasteiger partial charge in [0.25, 0.3) is 23.6 Å². The van der Waals surface area contributed by atoms with E-state index >= 15 is 0 Å². The zero-order valence-electron chi connectivity index (χ0n) is 48.8. The number of nitrogens with zero attached hydrogens (tertiary/aromatic N) is 4. The van der Waals surface area contributed by atoms with Gasteiger partial charge in [-0.15, -0.1) is 23.5 Å². The molecule has 0 bridgehead atoms. The van der Waals surface area contributed by atoms with E-state index in [2.05, 4.69) is 12.2 Å². The maximum atomic E-state index is 12.4. The van der Waals surface area contributed by atoms with Crippen molar-refractivity contribution in [2.24, 2.45) is 41.4 Å². The van der Waals surface area contributed by atoms with Crippen LogP contribution in [0.2, 0.25) is 0 Å². The first-order valence-electron chi connectivity index (χ1n) is 27.4. The van der Waals surface area contributed by atoms with E-state index in [0.29, 0.717) is 55.7 Å². The molecule has 0 spiro atoms. The summed E-state index contributed by atoms with van der Waals surface area (Å²) in [7, 11) is 0. The number of rotatable bonds is 25. The summed E-state index contributed by atoms with van der Waals surface area (Å²) < 4.78 is 5.22. The molecule has 0 aromatic heterocycles. The number of nitrogens with one attached hydrogen (secondary N) is 1. The fourth-order valence-corrected chi connectivity index (χ4v) is 9.96. The maximum Gasteiger partial charge on any atom is 0.254 e. The van der Waals surface area contributed by atoms with Gasteiger partial charge in [0, 0.05) is 99.2 Å². The van der Waals surface area contributed by atoms with Crippen LogP contribution in [0.3, 0.4) is 0 Å². The molecule has 5 rings (SSSR count). The van der Waals surface area contributed by atoms with Gasteiger partial charge in [0.15, 0.2) is 5.78 Å². The first kappa shape index (κ1) is 71.5. The number of hydrogen-bond acceptors (Lipinski definition) is 17. The van der Waals surface area contributed by atoms with Gasteiger partial charge in [-0.25, -0.2) is 0 Å². The number of hydrogen-bond donors (Lipinski definition) is 1. The van der Waals surface area contributed by atoms with E-state index in [4.69, 9.17) is 4.74 Å². The topological polar surface area (TPSA) is 273 Å². The van der Waals surface area contributed by atoms with Gasteiger partial charge in [0.1, 0.15) is 29.7 Å². The number of thioether (sulfide) groups is 2. The number of carbonyl (C=O) groups is 14. The maximum absolute atomic E-state index is 12.4. The molecular formula is C57H87N5O15S2. The van der Waals surface area contributed by atoms with Crippen LogP contribution >= 0.6 is 23.5 Å². The first-order chi connectivity index (χ1) is 37.0. The molecule has 9 amide bonds. The van der Waals surface area contributed by atoms with Crippen molar-refractivity contribution in [2.45, 2.75) is 152 Å². The lowest BCUT2D eigenvalue weighted by Crippen LogP contribution is -2.41. The van der Waals surface area contributed by atoms with Crippen LogP contribution in [0.1, 0.15) is 141 Å². The van der Waals surface area contributed by atoms with Crippen LogP contribution in [0.15, 0.2) is 24.3 Å². The van der Waals surface area contributed by atoms with Crippen molar-refractivity contribution in [3.05, 3.63) is 24.3 Å². The Morgan fingerprint density at radius 1 is 0.532 bits per heavy atom. The first-order valence-corrected chi connectivity index (χ1v) is 29.5. The van der Waals surface area contributed by atoms with Crippen LogP contribution < -0.4 is 5.32 Å². The van der Waals surface area contributed by atoms with Crippen molar-refractivity contribution in [1.82, 2.24) is 24.9 Å². The van der Waals surface area contributed by atoms with Gasteiger partial charge in [-0.3, -0.25) is 86.7 Å². The smallest absolute Gasteiger partial charge is 0.254 e. The Morgan fingerprint density at radius 2 is 0.937 bits per heavy atom. The summed E-state index contributed by atoms with van der Waals surface area (Å²) in [5.74, 6) is -0.0398. The van der Waals surface area contributed by atoms with E-state index < -0.39 is 29.5 Å². The van der Waals surface area contributed by atoms with E-state index in [9.17, 15) is 67.1 Å². The van der Waals surface area contributed by atoms with Crippen molar-refractivity contribution < 1.29 is 71.9 Å². The minimum atomic E-state index is -0.487. The summed E-state index contributed by atoms with van der Waals surface area (Å²) in [6.07, 6.45) is 10.8. The average Bonchev–Trinajstić information content (AvgIpc) is 4.08. The second-order valence-electron chi connectivity index (χ2n) is 21.3. The normalized spacial score (nSPS) is 19.7. The molecule has 0 radical (unpaired) electrons. The van der Waals surface area contributed by atoms with Crippen molar-refractivity contribution in [3.8, 4) is 0 Å². The quantitative estimate of drug-likeness (QED) is 0.0884. The molecule has 2 atom stereocenters. The third-order valence-electron chi connectivity index (χ3n) is 13.2. The number of Topliss-reactive ketones (excluding diaryl/α,β-unsaturated/α-hetero) is 5. The van der Waals surface area contributed by atoms with E-state index in [-0.39, 0.29) is 126 Å². The van der Waals surface area contributed by atoms with Crippen LogP contribution in [0, 0.1) is 41.4 Å². The number of amides is 9. The van der Waals surface area contributed by atoms with Crippen LogP contribution in [0.25, 0.3) is 0 Å². The van der Waals surface area contributed by atoms with Gasteiger partial charge in [-0.1, -0.05) is 95.9 Å². The van der Waals surface area contributed by atoms with Crippen LogP contribution in [-0.2, 0) is 71.9 Å². The van der Waals surface area contributed by atoms with Gasteiger partial charge in [-0.2, -0.15) is 0 Å². The summed E-state index contributed by atoms with van der Waals surface area (Å²) in [5, 5.41) is 1.84. The van der Waals surface area contributed by atoms with Crippen LogP contribution in [-0.4, -0.2) is 170 Å². The number of carbonyl (C=O) groups excluding carboxylic acids is 14. The Morgan fingerprint density at radius 3 is 1.32 bits per heavy atom. The van der Waals surface area contributed by atoms with Crippen molar-refractivity contribution in [1.29, 1.82) is 0 Å². The monoisotopic (exact) mass is 1150 g/mol. The Hall–Kier alpha value is -5.48. The molecule has 2 saturated heterocycles. The molecular weight excluding hydrogens is 1060 g/mol. The van der Waals surface area contributed by atoms with E-state index in [1.165, 1.54) is 58.3 Å². The molecule has 5 aliphatic rings. The van der Waals surface area contributed by atoms with Gasteiger partial charge in [0.05, 0.1) is 41.8 Å². The number of ether oxygens (including phenoxy) is 1. The van der Waals surface area contributed by atoms with Crippen LogP contribution in [0.4, 0.5) is 0 Å². The summed E-state index contributed by atoms with van der Waals surface area (Å²) >= 11 is 2.63. The zero-order chi connectivity index (χ0) is 60.3. The predicted molar refractivity (Wildman–Crippen MR) is 302 cm³/mol. The van der Waals surface area contributed by atoms with Crippen LogP contribution in [0.5, 0.6) is 0 Å². The molecule has 1 aliphatic carbocycles. The molecule has 0 aromatic carbocycles. The van der Waals surface area contributed by atoms with E-state index in [0.717, 1.165) is 40.7 Å². The molecule has 4 heterocycles. The highest BCUT2D eigenvalue weighted by Crippen LogP contribution is 2.32. The van der Waals surface area contributed by atoms with Crippen molar-refractivity contribution >= 4 is 106 Å². The lowest BCUT2D eigenvalue weighted by Gasteiger charge is -2.29. The lowest BCUT2D eigenvalue weighted by molar-refractivity contribution is -0.141. The Kier molecular flexibility index (Phi) is 33.2. The molecule has 22 heteroatoms. The third-order valence-corrected chi connectivity index (χ3v) is 15.6. The Labute approximate surface area is 475 Å². The van der Waals surface area contributed by atoms with E-state index in [1.807, 2.05) is 62.3 Å². The van der Waals surface area contributed by atoms with Crippen molar-refractivity contribution in [3.63, 3.8) is 0 Å². The molecule has 0 aromatic rings. The SMILES string of the molecule is CC(C)C(=O)CCOCCNC(=O)CN1C(=O)C=CC1=O.CC(C)C(=O)CN1C(=O)C=CC1=O.CC1CCC(CN2C(=O)CC(SCC(=O)C(C)C)C2=O)CC1.CCC(=O)C(C)C.CCN1C(=O)CC(SCC(=O)C(C)C)C1=O. The highest BCUT2D eigenvalue weighted by molar-refractivity contribution is 8.01. The molecule has 79 heavy (non-hydrogen) atoms. The summed E-state index contributed by atoms with van der Waals surface area (Å²) in [5.41, 5.74) is 0. The minimum absolute atomic E-state index is 0.00236. The van der Waals surface area contributed by atoms with Gasteiger partial charge < -0.3 is 10.1 Å². The second kappa shape index (κ2) is 36.7. The van der Waals surface area contributed by atoms with Gasteiger partial charge in [-0.05, 0) is 31.6 Å². The number of likely N-dealkylation sites (tertiary alicyclic amines) is 2. The Balaban J connectivity index is 0.000000513. The highest BCUT2D eigenvalue weighted by Gasteiger charge is 2.41. The fourth-order valence-electron chi connectivity index (χ4n) is 7.50. The number of imide groups is 4. The number of ketones is 5. The summed E-state index contributed by atoms with van der Waals surface area (Å²) in [6, 6.07) is 0. The average molecular weight is 1150 g/mol. The minimum Gasteiger partial charge on any atom is -0.379 e. The summed E-state index contributed by atoms with van der Waals surface area (Å²) in [4.78, 5) is 164. The molecule has 442 valence electrons. The molecule has 20 nitrogen and oxygen atoms in total.